The van der Waals surface area contributed by atoms with Crippen molar-refractivity contribution in [2.24, 2.45) is 0 Å². The van der Waals surface area contributed by atoms with Crippen LogP contribution in [-0.4, -0.2) is 36.8 Å². The highest BCUT2D eigenvalue weighted by atomic mass is 79.9. The molecule has 1 rings (SSSR count). The summed E-state index contributed by atoms with van der Waals surface area (Å²) in [7, 11) is 3.44. The maximum atomic E-state index is 12.4. The van der Waals surface area contributed by atoms with E-state index in [0.717, 1.165) is 36.7 Å². The van der Waals surface area contributed by atoms with Crippen molar-refractivity contribution in [2.75, 3.05) is 26.0 Å². The molecule has 0 atom stereocenters. The molecule has 0 N–H and O–H groups in total. The summed E-state index contributed by atoms with van der Waals surface area (Å²) >= 11 is 3.41. The number of hydrogen-bond donors (Lipinski definition) is 0. The molecule has 3 nitrogen and oxygen atoms in total. The first-order valence-corrected chi connectivity index (χ1v) is 7.68. The van der Waals surface area contributed by atoms with Crippen LogP contribution in [0.1, 0.15) is 35.2 Å². The van der Waals surface area contributed by atoms with Gasteiger partial charge in [-0.25, -0.2) is 0 Å². The molecule has 106 valence electrons. The van der Waals surface area contributed by atoms with Crippen LogP contribution in [0, 0.1) is 6.92 Å². The van der Waals surface area contributed by atoms with Gasteiger partial charge in [0, 0.05) is 18.9 Å². The molecule has 1 aromatic rings. The smallest absolute Gasteiger partial charge is 0.257 e. The van der Waals surface area contributed by atoms with Crippen molar-refractivity contribution in [3.63, 3.8) is 0 Å². The van der Waals surface area contributed by atoms with E-state index in [1.165, 1.54) is 0 Å². The Labute approximate surface area is 124 Å². The standard InChI is InChI=1S/C15H22BrNO2/c1-12-7-8-14(19-3)13(11-12)15(18)17(2)10-6-4-5-9-16/h7-8,11H,4-6,9-10H2,1-3H3. The van der Waals surface area contributed by atoms with Crippen LogP contribution in [-0.2, 0) is 0 Å². The number of aryl methyl sites for hydroxylation is 1. The summed E-state index contributed by atoms with van der Waals surface area (Å²) in [6, 6.07) is 5.68. The van der Waals surface area contributed by atoms with Crippen LogP contribution in [0.3, 0.4) is 0 Å². The second kappa shape index (κ2) is 8.20. The Hall–Kier alpha value is -1.03. The minimum absolute atomic E-state index is 0.0272. The number of ether oxygens (including phenoxy) is 1. The highest BCUT2D eigenvalue weighted by Crippen LogP contribution is 2.21. The summed E-state index contributed by atoms with van der Waals surface area (Å²) in [5.41, 5.74) is 1.71. The molecule has 19 heavy (non-hydrogen) atoms. The maximum absolute atomic E-state index is 12.4. The molecule has 0 fully saturated rings. The number of methoxy groups -OCH3 is 1. The van der Waals surface area contributed by atoms with E-state index in [2.05, 4.69) is 15.9 Å². The predicted molar refractivity (Wildman–Crippen MR) is 82.3 cm³/mol. The van der Waals surface area contributed by atoms with Gasteiger partial charge < -0.3 is 9.64 Å². The summed E-state index contributed by atoms with van der Waals surface area (Å²) in [4.78, 5) is 14.1. The minimum atomic E-state index is 0.0272. The predicted octanol–water partition coefficient (Wildman–Crippen LogP) is 3.64. The molecule has 1 amide bonds. The third-order valence-electron chi connectivity index (χ3n) is 3.06. The highest BCUT2D eigenvalue weighted by molar-refractivity contribution is 9.09. The maximum Gasteiger partial charge on any atom is 0.257 e. The van der Waals surface area contributed by atoms with Crippen molar-refractivity contribution >= 4 is 21.8 Å². The molecule has 0 aliphatic rings. The number of amides is 1. The average Bonchev–Trinajstić information content (AvgIpc) is 2.42. The molecule has 0 aromatic heterocycles. The van der Waals surface area contributed by atoms with Gasteiger partial charge >= 0.3 is 0 Å². The Kier molecular flexibility index (Phi) is 6.92. The van der Waals surface area contributed by atoms with Crippen molar-refractivity contribution in [3.05, 3.63) is 29.3 Å². The molecule has 0 unspecified atom stereocenters. The third-order valence-corrected chi connectivity index (χ3v) is 3.62. The Morgan fingerprint density at radius 3 is 2.68 bits per heavy atom. The molecule has 0 aliphatic heterocycles. The van der Waals surface area contributed by atoms with Crippen LogP contribution in [0.5, 0.6) is 5.75 Å². The largest absolute Gasteiger partial charge is 0.496 e. The van der Waals surface area contributed by atoms with Crippen molar-refractivity contribution in [2.45, 2.75) is 26.2 Å². The first kappa shape index (κ1) is 16.0. The van der Waals surface area contributed by atoms with Crippen molar-refractivity contribution < 1.29 is 9.53 Å². The van der Waals surface area contributed by atoms with Crippen LogP contribution in [0.2, 0.25) is 0 Å². The van der Waals surface area contributed by atoms with E-state index in [1.807, 2.05) is 32.2 Å². The van der Waals surface area contributed by atoms with Crippen LogP contribution in [0.4, 0.5) is 0 Å². The van der Waals surface area contributed by atoms with Gasteiger partial charge in [0.15, 0.2) is 0 Å². The van der Waals surface area contributed by atoms with Gasteiger partial charge in [0.1, 0.15) is 5.75 Å². The van der Waals surface area contributed by atoms with Gasteiger partial charge in [-0.2, -0.15) is 0 Å². The fraction of sp³-hybridized carbons (Fsp3) is 0.533. The zero-order valence-corrected chi connectivity index (χ0v) is 13.5. The van der Waals surface area contributed by atoms with Crippen molar-refractivity contribution in [1.82, 2.24) is 4.90 Å². The number of unbranched alkanes of at least 4 members (excludes halogenated alkanes) is 2. The monoisotopic (exact) mass is 327 g/mol. The molecule has 0 aliphatic carbocycles. The van der Waals surface area contributed by atoms with Crippen molar-refractivity contribution in [1.29, 1.82) is 0 Å². The molecule has 1 aromatic carbocycles. The van der Waals surface area contributed by atoms with Gasteiger partial charge in [-0.3, -0.25) is 4.79 Å². The molecular weight excluding hydrogens is 306 g/mol. The molecule has 4 heteroatoms. The summed E-state index contributed by atoms with van der Waals surface area (Å²) < 4.78 is 5.26. The van der Waals surface area contributed by atoms with E-state index in [1.54, 1.807) is 12.0 Å². The molecule has 0 bridgehead atoms. The Balaban J connectivity index is 2.68. The number of rotatable bonds is 7. The van der Waals surface area contributed by atoms with Gasteiger partial charge in [0.05, 0.1) is 12.7 Å². The third kappa shape index (κ3) is 4.86. The first-order valence-electron chi connectivity index (χ1n) is 6.56. The normalized spacial score (nSPS) is 10.3. The summed E-state index contributed by atoms with van der Waals surface area (Å²) in [5.74, 6) is 0.669. The molecule has 0 radical (unpaired) electrons. The average molecular weight is 328 g/mol. The second-order valence-corrected chi connectivity index (χ2v) is 5.47. The Morgan fingerprint density at radius 2 is 2.05 bits per heavy atom. The van der Waals surface area contributed by atoms with E-state index in [9.17, 15) is 4.79 Å². The van der Waals surface area contributed by atoms with Crippen LogP contribution in [0.15, 0.2) is 18.2 Å². The zero-order chi connectivity index (χ0) is 14.3. The Bertz CT molecular complexity index is 421. The number of hydrogen-bond acceptors (Lipinski definition) is 2. The van der Waals surface area contributed by atoms with E-state index >= 15 is 0 Å². The Morgan fingerprint density at radius 1 is 1.32 bits per heavy atom. The van der Waals surface area contributed by atoms with Crippen molar-refractivity contribution in [3.8, 4) is 5.75 Å². The number of alkyl halides is 1. The summed E-state index contributed by atoms with van der Waals surface area (Å²) in [6.07, 6.45) is 3.31. The van der Waals surface area contributed by atoms with E-state index < -0.39 is 0 Å². The van der Waals surface area contributed by atoms with Gasteiger partial charge in [0.2, 0.25) is 0 Å². The SMILES string of the molecule is COc1ccc(C)cc1C(=O)N(C)CCCCCBr. The van der Waals surface area contributed by atoms with Gasteiger partial charge in [-0.15, -0.1) is 0 Å². The first-order chi connectivity index (χ1) is 9.10. The lowest BCUT2D eigenvalue weighted by molar-refractivity contribution is 0.0789. The number of halogens is 1. The summed E-state index contributed by atoms with van der Waals surface area (Å²) in [5, 5.41) is 1.02. The summed E-state index contributed by atoms with van der Waals surface area (Å²) in [6.45, 7) is 2.76. The van der Waals surface area contributed by atoms with Gasteiger partial charge in [-0.1, -0.05) is 34.0 Å². The molecular formula is C15H22BrNO2. The quantitative estimate of drug-likeness (QED) is 0.565. The molecule has 0 saturated heterocycles. The lowest BCUT2D eigenvalue weighted by Crippen LogP contribution is -2.28. The minimum Gasteiger partial charge on any atom is -0.496 e. The highest BCUT2D eigenvalue weighted by Gasteiger charge is 2.16. The molecule has 0 spiro atoms. The van der Waals surface area contributed by atoms with E-state index in [-0.39, 0.29) is 5.91 Å². The van der Waals surface area contributed by atoms with Crippen LogP contribution < -0.4 is 4.74 Å². The topological polar surface area (TPSA) is 29.5 Å². The fourth-order valence-electron chi connectivity index (χ4n) is 1.92. The number of carbonyl (C=O) groups excluding carboxylic acids is 1. The number of benzene rings is 1. The fourth-order valence-corrected chi connectivity index (χ4v) is 2.31. The van der Waals surface area contributed by atoms with E-state index in [0.29, 0.717) is 11.3 Å². The molecule has 0 heterocycles. The molecule has 0 saturated carbocycles. The number of carbonyl (C=O) groups is 1. The lowest BCUT2D eigenvalue weighted by atomic mass is 10.1. The number of nitrogens with zero attached hydrogens (tertiary/aromatic N) is 1. The van der Waals surface area contributed by atoms with Crippen LogP contribution in [0.25, 0.3) is 0 Å². The van der Waals surface area contributed by atoms with E-state index in [4.69, 9.17) is 4.74 Å². The van der Waals surface area contributed by atoms with Gasteiger partial charge in [-0.05, 0) is 31.9 Å². The zero-order valence-electron chi connectivity index (χ0n) is 11.9. The lowest BCUT2D eigenvalue weighted by Gasteiger charge is -2.19. The van der Waals surface area contributed by atoms with Crippen LogP contribution >= 0.6 is 15.9 Å². The second-order valence-electron chi connectivity index (χ2n) is 4.68. The van der Waals surface area contributed by atoms with Gasteiger partial charge in [0.25, 0.3) is 5.91 Å².